The van der Waals surface area contributed by atoms with Crippen molar-refractivity contribution in [1.82, 2.24) is 9.97 Å². The molecule has 0 bridgehead atoms. The van der Waals surface area contributed by atoms with Crippen molar-refractivity contribution in [2.45, 2.75) is 12.8 Å². The minimum atomic E-state index is 0.575. The van der Waals surface area contributed by atoms with Gasteiger partial charge in [-0.15, -0.1) is 0 Å². The van der Waals surface area contributed by atoms with Gasteiger partial charge in [0.2, 0.25) is 0 Å². The molecule has 1 fully saturated rings. The third-order valence-electron chi connectivity index (χ3n) is 2.89. The van der Waals surface area contributed by atoms with Crippen LogP contribution in [0.1, 0.15) is 12.8 Å². The molecule has 0 unspecified atom stereocenters. The van der Waals surface area contributed by atoms with Gasteiger partial charge in [-0.1, -0.05) is 0 Å². The predicted molar refractivity (Wildman–Crippen MR) is 74.4 cm³/mol. The van der Waals surface area contributed by atoms with Crippen LogP contribution in [0.25, 0.3) is 0 Å². The molecule has 0 spiro atoms. The van der Waals surface area contributed by atoms with Gasteiger partial charge in [0, 0.05) is 20.2 Å². The van der Waals surface area contributed by atoms with Crippen LogP contribution in [0.2, 0.25) is 0 Å². The van der Waals surface area contributed by atoms with Crippen LogP contribution in [0.4, 0.5) is 11.6 Å². The number of halogens is 1. The molecule has 0 aromatic carbocycles. The van der Waals surface area contributed by atoms with Crippen molar-refractivity contribution >= 4 is 27.6 Å². The number of hydrazine groups is 1. The van der Waals surface area contributed by atoms with Crippen LogP contribution >= 0.6 is 15.9 Å². The van der Waals surface area contributed by atoms with Crippen molar-refractivity contribution in [3.63, 3.8) is 0 Å². The number of aromatic nitrogens is 2. The molecular formula is C11H18BrN5O. The molecule has 1 aliphatic rings. The summed E-state index contributed by atoms with van der Waals surface area (Å²) in [6.07, 6.45) is 4.12. The number of nitrogens with zero attached hydrogens (tertiary/aromatic N) is 3. The average Bonchev–Trinajstić information content (AvgIpc) is 3.18. The summed E-state index contributed by atoms with van der Waals surface area (Å²) in [6, 6.07) is 0. The summed E-state index contributed by atoms with van der Waals surface area (Å²) in [7, 11) is 1.97. The summed E-state index contributed by atoms with van der Waals surface area (Å²) < 4.78 is 6.37. The molecular weight excluding hydrogens is 298 g/mol. The quantitative estimate of drug-likeness (QED) is 0.450. The van der Waals surface area contributed by atoms with Gasteiger partial charge >= 0.3 is 0 Å². The minimum Gasteiger partial charge on any atom is -0.379 e. The number of anilines is 2. The van der Waals surface area contributed by atoms with E-state index in [-0.39, 0.29) is 0 Å². The van der Waals surface area contributed by atoms with Gasteiger partial charge in [-0.05, 0) is 34.7 Å². The maximum Gasteiger partial charge on any atom is 0.159 e. The highest BCUT2D eigenvalue weighted by Gasteiger charge is 2.21. The molecule has 1 saturated carbocycles. The third-order valence-corrected chi connectivity index (χ3v) is 3.62. The molecule has 18 heavy (non-hydrogen) atoms. The molecule has 0 saturated heterocycles. The highest BCUT2D eigenvalue weighted by molar-refractivity contribution is 9.10. The fourth-order valence-electron chi connectivity index (χ4n) is 1.57. The van der Waals surface area contributed by atoms with Crippen molar-refractivity contribution in [2.75, 3.05) is 37.1 Å². The highest BCUT2D eigenvalue weighted by atomic mass is 79.9. The van der Waals surface area contributed by atoms with Gasteiger partial charge in [-0.3, -0.25) is 0 Å². The first-order chi connectivity index (χ1) is 8.72. The Morgan fingerprint density at radius 1 is 1.56 bits per heavy atom. The van der Waals surface area contributed by atoms with E-state index < -0.39 is 0 Å². The molecule has 0 amide bonds. The van der Waals surface area contributed by atoms with Crippen LogP contribution in [0, 0.1) is 5.92 Å². The Balaban J connectivity index is 1.84. The molecule has 0 radical (unpaired) electrons. The summed E-state index contributed by atoms with van der Waals surface area (Å²) in [5.74, 6) is 7.54. The Morgan fingerprint density at radius 2 is 2.33 bits per heavy atom. The van der Waals surface area contributed by atoms with Crippen molar-refractivity contribution in [3.8, 4) is 0 Å². The number of likely N-dealkylation sites (N-methyl/N-ethyl adjacent to an activating group) is 1. The lowest BCUT2D eigenvalue weighted by Gasteiger charge is -2.20. The highest BCUT2D eigenvalue weighted by Crippen LogP contribution is 2.29. The Kier molecular flexibility index (Phi) is 4.73. The molecule has 100 valence electrons. The van der Waals surface area contributed by atoms with E-state index in [0.717, 1.165) is 29.4 Å². The van der Waals surface area contributed by atoms with E-state index >= 15 is 0 Å². The molecule has 1 aliphatic carbocycles. The van der Waals surface area contributed by atoms with Gasteiger partial charge in [0.25, 0.3) is 0 Å². The average molecular weight is 316 g/mol. The first kappa shape index (κ1) is 13.5. The van der Waals surface area contributed by atoms with E-state index in [1.165, 1.54) is 19.2 Å². The van der Waals surface area contributed by atoms with Crippen LogP contribution in [0.5, 0.6) is 0 Å². The standard InChI is InChI=1S/C11H18BrN5O/c1-17(4-5-18-6-8-2-3-8)11-9(12)10(16-13)14-7-15-11/h7-8H,2-6,13H2,1H3,(H,14,15,16). The topological polar surface area (TPSA) is 76.3 Å². The molecule has 2 rings (SSSR count). The van der Waals surface area contributed by atoms with Crippen LogP contribution < -0.4 is 16.2 Å². The SMILES string of the molecule is CN(CCOCC1CC1)c1ncnc(NN)c1Br. The Bertz CT molecular complexity index is 399. The zero-order valence-electron chi connectivity index (χ0n) is 10.4. The molecule has 3 N–H and O–H groups in total. The van der Waals surface area contributed by atoms with Gasteiger partial charge in [0.05, 0.1) is 6.61 Å². The summed E-state index contributed by atoms with van der Waals surface area (Å²) >= 11 is 3.43. The first-order valence-corrected chi connectivity index (χ1v) is 6.77. The number of rotatable bonds is 7. The van der Waals surface area contributed by atoms with E-state index in [1.54, 1.807) is 0 Å². The second-order valence-electron chi connectivity index (χ2n) is 4.44. The lowest BCUT2D eigenvalue weighted by atomic mass is 10.4. The number of ether oxygens (including phenoxy) is 1. The summed E-state index contributed by atoms with van der Waals surface area (Å²) in [4.78, 5) is 10.3. The second-order valence-corrected chi connectivity index (χ2v) is 5.24. The monoisotopic (exact) mass is 315 g/mol. The van der Waals surface area contributed by atoms with Gasteiger partial charge in [0.15, 0.2) is 5.82 Å². The van der Waals surface area contributed by atoms with Crippen LogP contribution in [-0.2, 0) is 4.74 Å². The van der Waals surface area contributed by atoms with Gasteiger partial charge in [0.1, 0.15) is 16.6 Å². The Morgan fingerprint density at radius 3 is 3.00 bits per heavy atom. The second kappa shape index (κ2) is 6.31. The zero-order valence-corrected chi connectivity index (χ0v) is 12.0. The fraction of sp³-hybridized carbons (Fsp3) is 0.636. The summed E-state index contributed by atoms with van der Waals surface area (Å²) in [5, 5.41) is 0. The molecule has 1 heterocycles. The van der Waals surface area contributed by atoms with Crippen LogP contribution in [0.15, 0.2) is 10.8 Å². The summed E-state index contributed by atoms with van der Waals surface area (Å²) in [5.41, 5.74) is 2.53. The third kappa shape index (κ3) is 3.54. The molecule has 0 aliphatic heterocycles. The lowest BCUT2D eigenvalue weighted by molar-refractivity contribution is 0.130. The van der Waals surface area contributed by atoms with Gasteiger partial charge in [-0.25, -0.2) is 15.8 Å². The minimum absolute atomic E-state index is 0.575. The van der Waals surface area contributed by atoms with E-state index in [9.17, 15) is 0 Å². The number of hydrogen-bond donors (Lipinski definition) is 2. The smallest absolute Gasteiger partial charge is 0.159 e. The number of nitrogens with one attached hydrogen (secondary N) is 1. The van der Waals surface area contributed by atoms with E-state index in [0.29, 0.717) is 12.4 Å². The maximum atomic E-state index is 5.61. The van der Waals surface area contributed by atoms with E-state index in [2.05, 4.69) is 31.3 Å². The fourth-order valence-corrected chi connectivity index (χ4v) is 2.19. The van der Waals surface area contributed by atoms with Crippen LogP contribution in [-0.4, -0.2) is 36.8 Å². The van der Waals surface area contributed by atoms with E-state index in [1.807, 2.05) is 11.9 Å². The molecule has 0 atom stereocenters. The maximum absolute atomic E-state index is 5.61. The Labute approximate surface area is 115 Å². The largest absolute Gasteiger partial charge is 0.379 e. The van der Waals surface area contributed by atoms with Crippen LogP contribution in [0.3, 0.4) is 0 Å². The van der Waals surface area contributed by atoms with Crippen molar-refractivity contribution in [1.29, 1.82) is 0 Å². The Hall–Kier alpha value is -0.920. The molecule has 1 aromatic rings. The zero-order chi connectivity index (χ0) is 13.0. The first-order valence-electron chi connectivity index (χ1n) is 5.98. The van der Waals surface area contributed by atoms with E-state index in [4.69, 9.17) is 10.6 Å². The molecule has 7 heteroatoms. The summed E-state index contributed by atoms with van der Waals surface area (Å²) in [6.45, 7) is 2.37. The van der Waals surface area contributed by atoms with Crippen molar-refractivity contribution in [2.24, 2.45) is 11.8 Å². The molecule has 1 aromatic heterocycles. The molecule has 6 nitrogen and oxygen atoms in total. The predicted octanol–water partition coefficient (Wildman–Crippen LogP) is 1.39. The number of nitrogen functional groups attached to an aromatic ring is 1. The lowest BCUT2D eigenvalue weighted by Crippen LogP contribution is -2.25. The van der Waals surface area contributed by atoms with Crippen molar-refractivity contribution in [3.05, 3.63) is 10.8 Å². The van der Waals surface area contributed by atoms with Gasteiger partial charge in [-0.2, -0.15) is 0 Å². The van der Waals surface area contributed by atoms with Crippen molar-refractivity contribution < 1.29 is 4.74 Å². The number of hydrogen-bond acceptors (Lipinski definition) is 6. The normalized spacial score (nSPS) is 14.6. The number of nitrogens with two attached hydrogens (primary N) is 1. The van der Waals surface area contributed by atoms with Gasteiger partial charge < -0.3 is 15.1 Å².